The Morgan fingerprint density at radius 2 is 1.78 bits per heavy atom. The number of ether oxygens (including phenoxy) is 1. The van der Waals surface area contributed by atoms with Crippen LogP contribution in [0, 0.1) is 5.92 Å². The third kappa shape index (κ3) is 6.00. The van der Waals surface area contributed by atoms with Crippen LogP contribution < -0.4 is 5.73 Å². The van der Waals surface area contributed by atoms with Crippen molar-refractivity contribution in [1.29, 1.82) is 0 Å². The molecular formula is C13H26N2O3. The topological polar surface area (TPSA) is 72.6 Å². The summed E-state index contributed by atoms with van der Waals surface area (Å²) in [7, 11) is 0. The van der Waals surface area contributed by atoms with Crippen molar-refractivity contribution in [2.24, 2.45) is 11.7 Å². The van der Waals surface area contributed by atoms with Gasteiger partial charge in [-0.25, -0.2) is 0 Å². The lowest BCUT2D eigenvalue weighted by Crippen LogP contribution is -2.49. The molecule has 0 spiro atoms. The van der Waals surface area contributed by atoms with Crippen molar-refractivity contribution in [3.05, 3.63) is 0 Å². The molecule has 0 aliphatic carbocycles. The fourth-order valence-electron chi connectivity index (χ4n) is 1.68. The molecule has 0 fully saturated rings. The van der Waals surface area contributed by atoms with Gasteiger partial charge in [0.1, 0.15) is 6.54 Å². The fourth-order valence-corrected chi connectivity index (χ4v) is 1.68. The van der Waals surface area contributed by atoms with Crippen LogP contribution in [-0.2, 0) is 14.3 Å². The molecule has 1 atom stereocenters. The number of esters is 1. The zero-order valence-electron chi connectivity index (χ0n) is 12.1. The van der Waals surface area contributed by atoms with Gasteiger partial charge in [-0.2, -0.15) is 0 Å². The minimum atomic E-state index is -0.554. The van der Waals surface area contributed by atoms with Crippen LogP contribution in [0.1, 0.15) is 41.0 Å². The van der Waals surface area contributed by atoms with Gasteiger partial charge in [-0.1, -0.05) is 13.8 Å². The maximum Gasteiger partial charge on any atom is 0.325 e. The first kappa shape index (κ1) is 16.9. The Kier molecular flexibility index (Phi) is 7.59. The van der Waals surface area contributed by atoms with E-state index in [4.69, 9.17) is 10.5 Å². The predicted octanol–water partition coefficient (Wildman–Crippen LogP) is 1.16. The minimum absolute atomic E-state index is 0.0316. The maximum absolute atomic E-state index is 12.2. The van der Waals surface area contributed by atoms with E-state index in [1.54, 1.807) is 6.92 Å². The summed E-state index contributed by atoms with van der Waals surface area (Å²) in [5, 5.41) is 0. The van der Waals surface area contributed by atoms with Crippen LogP contribution in [-0.4, -0.2) is 42.0 Å². The van der Waals surface area contributed by atoms with Crippen LogP contribution in [0.2, 0.25) is 0 Å². The number of nitrogens with two attached hydrogens (primary N) is 1. The molecule has 106 valence electrons. The van der Waals surface area contributed by atoms with E-state index in [2.05, 4.69) is 0 Å². The van der Waals surface area contributed by atoms with E-state index in [1.165, 1.54) is 4.90 Å². The summed E-state index contributed by atoms with van der Waals surface area (Å²) in [5.41, 5.74) is 5.86. The Bertz CT molecular complexity index is 277. The third-order valence-corrected chi connectivity index (χ3v) is 2.55. The van der Waals surface area contributed by atoms with Gasteiger partial charge in [0.2, 0.25) is 5.91 Å². The summed E-state index contributed by atoms with van der Waals surface area (Å²) in [4.78, 5) is 25.1. The van der Waals surface area contributed by atoms with Crippen molar-refractivity contribution in [2.45, 2.75) is 53.1 Å². The Balaban J connectivity index is 4.59. The molecule has 0 saturated carbocycles. The van der Waals surface area contributed by atoms with Crippen molar-refractivity contribution in [3.63, 3.8) is 0 Å². The first-order chi connectivity index (χ1) is 8.29. The first-order valence-electron chi connectivity index (χ1n) is 6.51. The molecule has 1 amide bonds. The van der Waals surface area contributed by atoms with Gasteiger partial charge < -0.3 is 15.4 Å². The summed E-state index contributed by atoms with van der Waals surface area (Å²) in [6.07, 6.45) is 0.616. The van der Waals surface area contributed by atoms with Gasteiger partial charge in [0, 0.05) is 6.04 Å². The van der Waals surface area contributed by atoms with Gasteiger partial charge in [-0.15, -0.1) is 0 Å². The molecule has 5 nitrogen and oxygen atoms in total. The second kappa shape index (κ2) is 8.08. The van der Waals surface area contributed by atoms with Crippen molar-refractivity contribution in [3.8, 4) is 0 Å². The Morgan fingerprint density at radius 1 is 1.22 bits per heavy atom. The second-order valence-corrected chi connectivity index (χ2v) is 5.10. The highest BCUT2D eigenvalue weighted by Crippen LogP contribution is 2.08. The molecule has 2 N–H and O–H groups in total. The van der Waals surface area contributed by atoms with Gasteiger partial charge in [0.05, 0.1) is 12.6 Å². The number of nitrogens with zero attached hydrogens (tertiary/aromatic N) is 1. The van der Waals surface area contributed by atoms with Crippen LogP contribution in [0.3, 0.4) is 0 Å². The molecular weight excluding hydrogens is 232 g/mol. The quantitative estimate of drug-likeness (QED) is 0.695. The van der Waals surface area contributed by atoms with E-state index in [0.29, 0.717) is 18.9 Å². The fraction of sp³-hybridized carbons (Fsp3) is 0.846. The number of carbonyl (C=O) groups is 2. The SMILES string of the molecule is CCOC(=O)CN(C(=O)[C@H](N)CC(C)C)C(C)C. The largest absolute Gasteiger partial charge is 0.465 e. The van der Waals surface area contributed by atoms with Gasteiger partial charge in [-0.3, -0.25) is 9.59 Å². The van der Waals surface area contributed by atoms with E-state index in [9.17, 15) is 9.59 Å². The molecule has 0 heterocycles. The average Bonchev–Trinajstić information content (AvgIpc) is 2.24. The van der Waals surface area contributed by atoms with Gasteiger partial charge in [-0.05, 0) is 33.1 Å². The predicted molar refractivity (Wildman–Crippen MR) is 70.9 cm³/mol. The first-order valence-corrected chi connectivity index (χ1v) is 6.51. The van der Waals surface area contributed by atoms with E-state index in [0.717, 1.165) is 0 Å². The highest BCUT2D eigenvalue weighted by molar-refractivity contribution is 5.85. The number of hydrogen-bond acceptors (Lipinski definition) is 4. The normalized spacial score (nSPS) is 12.7. The zero-order chi connectivity index (χ0) is 14.3. The molecule has 0 radical (unpaired) electrons. The summed E-state index contributed by atoms with van der Waals surface area (Å²) >= 11 is 0. The molecule has 0 saturated heterocycles. The zero-order valence-corrected chi connectivity index (χ0v) is 12.1. The van der Waals surface area contributed by atoms with Crippen molar-refractivity contribution in [2.75, 3.05) is 13.2 Å². The maximum atomic E-state index is 12.2. The van der Waals surface area contributed by atoms with Crippen LogP contribution in [0.15, 0.2) is 0 Å². The smallest absolute Gasteiger partial charge is 0.325 e. The van der Waals surface area contributed by atoms with Gasteiger partial charge >= 0.3 is 5.97 Å². The van der Waals surface area contributed by atoms with Crippen molar-refractivity contribution in [1.82, 2.24) is 4.90 Å². The summed E-state index contributed by atoms with van der Waals surface area (Å²) in [5.74, 6) is -0.233. The number of carbonyl (C=O) groups excluding carboxylic acids is 2. The van der Waals surface area contributed by atoms with Crippen LogP contribution in [0.4, 0.5) is 0 Å². The van der Waals surface area contributed by atoms with Crippen LogP contribution in [0.25, 0.3) is 0 Å². The molecule has 0 bridgehead atoms. The molecule has 0 unspecified atom stereocenters. The molecule has 0 aromatic rings. The standard InChI is InChI=1S/C13H26N2O3/c1-6-18-12(16)8-15(10(4)5)13(17)11(14)7-9(2)3/h9-11H,6-8,14H2,1-5H3/t11-/m1/s1. The van der Waals surface area contributed by atoms with E-state index < -0.39 is 12.0 Å². The Labute approximate surface area is 110 Å². The van der Waals surface area contributed by atoms with Gasteiger partial charge in [0.25, 0.3) is 0 Å². The molecule has 0 rings (SSSR count). The van der Waals surface area contributed by atoms with Crippen molar-refractivity contribution < 1.29 is 14.3 Å². The van der Waals surface area contributed by atoms with Crippen LogP contribution >= 0.6 is 0 Å². The Hall–Kier alpha value is -1.10. The minimum Gasteiger partial charge on any atom is -0.465 e. The molecule has 0 aromatic carbocycles. The lowest BCUT2D eigenvalue weighted by Gasteiger charge is -2.28. The van der Waals surface area contributed by atoms with E-state index in [1.807, 2.05) is 27.7 Å². The van der Waals surface area contributed by atoms with E-state index in [-0.39, 0.29) is 18.5 Å². The summed E-state index contributed by atoms with van der Waals surface area (Å²) < 4.78 is 4.86. The highest BCUT2D eigenvalue weighted by Gasteiger charge is 2.26. The highest BCUT2D eigenvalue weighted by atomic mass is 16.5. The van der Waals surface area contributed by atoms with E-state index >= 15 is 0 Å². The third-order valence-electron chi connectivity index (χ3n) is 2.55. The second-order valence-electron chi connectivity index (χ2n) is 5.10. The van der Waals surface area contributed by atoms with Crippen molar-refractivity contribution >= 4 is 11.9 Å². The molecule has 0 aliphatic heterocycles. The Morgan fingerprint density at radius 3 is 2.17 bits per heavy atom. The van der Waals surface area contributed by atoms with Gasteiger partial charge in [0.15, 0.2) is 0 Å². The summed E-state index contributed by atoms with van der Waals surface area (Å²) in [6.45, 7) is 9.77. The van der Waals surface area contributed by atoms with Crippen LogP contribution in [0.5, 0.6) is 0 Å². The number of rotatable bonds is 7. The monoisotopic (exact) mass is 258 g/mol. The number of hydrogen-bond donors (Lipinski definition) is 1. The summed E-state index contributed by atoms with van der Waals surface area (Å²) in [6, 6.07) is -0.623. The number of amides is 1. The molecule has 18 heavy (non-hydrogen) atoms. The molecule has 0 aromatic heterocycles. The lowest BCUT2D eigenvalue weighted by molar-refractivity contribution is -0.150. The molecule has 5 heteroatoms. The average molecular weight is 258 g/mol. The molecule has 0 aliphatic rings. The lowest BCUT2D eigenvalue weighted by atomic mass is 10.0.